The molecule has 1 aliphatic carbocycles. The molecule has 0 spiro atoms. The van der Waals surface area contributed by atoms with Crippen molar-refractivity contribution in [3.05, 3.63) is 23.2 Å². The van der Waals surface area contributed by atoms with Gasteiger partial charge in [0.25, 0.3) is 0 Å². The van der Waals surface area contributed by atoms with Crippen molar-refractivity contribution in [3.63, 3.8) is 0 Å². The number of rotatable bonds is 3. The molecule has 20 heavy (non-hydrogen) atoms. The first-order chi connectivity index (χ1) is 9.49. The molecule has 1 aromatic rings. The average Bonchev–Trinajstić information content (AvgIpc) is 2.38. The van der Waals surface area contributed by atoms with Crippen molar-refractivity contribution in [2.75, 3.05) is 24.3 Å². The van der Waals surface area contributed by atoms with Gasteiger partial charge >= 0.3 is 0 Å². The van der Waals surface area contributed by atoms with Crippen LogP contribution < -0.4 is 16.0 Å². The standard InChI is InChI=1S/C15H22ClN3O/c1-19(2)14-8-7-10(16)9-13(14)18-15(20)11-5-3-4-6-12(11)17/h7-9,11-12H,3-6,17H2,1-2H3,(H,18,20). The zero-order valence-corrected chi connectivity index (χ0v) is 12.8. The van der Waals surface area contributed by atoms with Crippen LogP contribution >= 0.6 is 11.6 Å². The van der Waals surface area contributed by atoms with Crippen LogP contribution in [0.5, 0.6) is 0 Å². The van der Waals surface area contributed by atoms with Gasteiger partial charge in [-0.25, -0.2) is 0 Å². The van der Waals surface area contributed by atoms with Crippen LogP contribution in [0.15, 0.2) is 18.2 Å². The average molecular weight is 296 g/mol. The van der Waals surface area contributed by atoms with Crippen molar-refractivity contribution in [1.82, 2.24) is 0 Å². The fourth-order valence-electron chi connectivity index (χ4n) is 2.71. The van der Waals surface area contributed by atoms with Crippen molar-refractivity contribution in [2.24, 2.45) is 11.7 Å². The summed E-state index contributed by atoms with van der Waals surface area (Å²) in [7, 11) is 3.87. The summed E-state index contributed by atoms with van der Waals surface area (Å²) in [6.45, 7) is 0. The zero-order chi connectivity index (χ0) is 14.7. The first-order valence-electron chi connectivity index (χ1n) is 7.02. The number of halogens is 1. The molecule has 1 aromatic carbocycles. The maximum Gasteiger partial charge on any atom is 0.229 e. The van der Waals surface area contributed by atoms with Crippen LogP contribution in [0.2, 0.25) is 5.02 Å². The molecule has 4 nitrogen and oxygen atoms in total. The third kappa shape index (κ3) is 3.44. The fourth-order valence-corrected chi connectivity index (χ4v) is 2.88. The van der Waals surface area contributed by atoms with Gasteiger partial charge in [0.05, 0.1) is 17.3 Å². The Morgan fingerprint density at radius 2 is 2.05 bits per heavy atom. The molecular weight excluding hydrogens is 274 g/mol. The van der Waals surface area contributed by atoms with Gasteiger partial charge in [0, 0.05) is 25.2 Å². The molecule has 1 amide bonds. The van der Waals surface area contributed by atoms with E-state index in [0.717, 1.165) is 37.1 Å². The summed E-state index contributed by atoms with van der Waals surface area (Å²) >= 11 is 6.02. The Morgan fingerprint density at radius 3 is 2.70 bits per heavy atom. The van der Waals surface area contributed by atoms with Crippen molar-refractivity contribution in [2.45, 2.75) is 31.7 Å². The second-order valence-electron chi connectivity index (χ2n) is 5.60. The number of carbonyl (C=O) groups excluding carboxylic acids is 1. The van der Waals surface area contributed by atoms with Crippen molar-refractivity contribution in [3.8, 4) is 0 Å². The van der Waals surface area contributed by atoms with Crippen LogP contribution in [0, 0.1) is 5.92 Å². The van der Waals surface area contributed by atoms with Gasteiger partial charge in [-0.05, 0) is 31.0 Å². The Hall–Kier alpha value is -1.26. The predicted octanol–water partition coefficient (Wildman–Crippen LogP) is 2.86. The van der Waals surface area contributed by atoms with Gasteiger partial charge in [0.1, 0.15) is 0 Å². The lowest BCUT2D eigenvalue weighted by molar-refractivity contribution is -0.121. The van der Waals surface area contributed by atoms with Crippen LogP contribution in [0.25, 0.3) is 0 Å². The molecule has 1 fully saturated rings. The summed E-state index contributed by atoms with van der Waals surface area (Å²) < 4.78 is 0. The van der Waals surface area contributed by atoms with E-state index in [1.54, 1.807) is 6.07 Å². The van der Waals surface area contributed by atoms with E-state index < -0.39 is 0 Å². The highest BCUT2D eigenvalue weighted by Gasteiger charge is 2.28. The number of carbonyl (C=O) groups is 1. The highest BCUT2D eigenvalue weighted by Crippen LogP contribution is 2.30. The lowest BCUT2D eigenvalue weighted by atomic mass is 9.84. The lowest BCUT2D eigenvalue weighted by Crippen LogP contribution is -2.40. The lowest BCUT2D eigenvalue weighted by Gasteiger charge is -2.28. The van der Waals surface area contributed by atoms with E-state index in [0.29, 0.717) is 5.02 Å². The quantitative estimate of drug-likeness (QED) is 0.901. The SMILES string of the molecule is CN(C)c1ccc(Cl)cc1NC(=O)C1CCCCC1N. The predicted molar refractivity (Wildman–Crippen MR) is 84.3 cm³/mol. The molecule has 2 atom stereocenters. The van der Waals surface area contributed by atoms with E-state index >= 15 is 0 Å². The number of hydrogen-bond donors (Lipinski definition) is 2. The van der Waals surface area contributed by atoms with Crippen LogP contribution in [0.1, 0.15) is 25.7 Å². The molecule has 0 aromatic heterocycles. The summed E-state index contributed by atoms with van der Waals surface area (Å²) in [5.41, 5.74) is 7.74. The number of benzene rings is 1. The van der Waals surface area contributed by atoms with E-state index in [1.165, 1.54) is 0 Å². The second-order valence-corrected chi connectivity index (χ2v) is 6.04. The molecule has 110 valence electrons. The molecule has 5 heteroatoms. The van der Waals surface area contributed by atoms with Gasteiger partial charge in [-0.3, -0.25) is 4.79 Å². The first-order valence-corrected chi connectivity index (χ1v) is 7.40. The normalized spacial score (nSPS) is 22.4. The number of nitrogens with one attached hydrogen (secondary N) is 1. The zero-order valence-electron chi connectivity index (χ0n) is 12.0. The monoisotopic (exact) mass is 295 g/mol. The molecule has 1 saturated carbocycles. The summed E-state index contributed by atoms with van der Waals surface area (Å²) in [6.07, 6.45) is 3.98. The van der Waals surface area contributed by atoms with E-state index in [-0.39, 0.29) is 17.9 Å². The smallest absolute Gasteiger partial charge is 0.229 e. The van der Waals surface area contributed by atoms with Crippen LogP contribution in [-0.2, 0) is 4.79 Å². The molecular formula is C15H22ClN3O. The Balaban J connectivity index is 2.16. The van der Waals surface area contributed by atoms with Crippen molar-refractivity contribution < 1.29 is 4.79 Å². The number of hydrogen-bond acceptors (Lipinski definition) is 3. The summed E-state index contributed by atoms with van der Waals surface area (Å²) in [5.74, 6) is -0.0969. The number of amides is 1. The largest absolute Gasteiger partial charge is 0.376 e. The number of nitrogens with two attached hydrogens (primary N) is 1. The molecule has 0 heterocycles. The minimum atomic E-state index is -0.0993. The molecule has 0 bridgehead atoms. The Kier molecular flexibility index (Phi) is 4.89. The van der Waals surface area contributed by atoms with Crippen LogP contribution in [-0.4, -0.2) is 26.0 Å². The van der Waals surface area contributed by atoms with Gasteiger partial charge in [-0.1, -0.05) is 24.4 Å². The van der Waals surface area contributed by atoms with Crippen LogP contribution in [0.4, 0.5) is 11.4 Å². The van der Waals surface area contributed by atoms with Gasteiger partial charge < -0.3 is 16.0 Å². The third-order valence-corrected chi connectivity index (χ3v) is 4.09. The van der Waals surface area contributed by atoms with Crippen molar-refractivity contribution >= 4 is 28.9 Å². The fraction of sp³-hybridized carbons (Fsp3) is 0.533. The van der Waals surface area contributed by atoms with E-state index in [2.05, 4.69) is 5.32 Å². The molecule has 0 aliphatic heterocycles. The molecule has 0 saturated heterocycles. The molecule has 1 aliphatic rings. The Bertz CT molecular complexity index is 490. The van der Waals surface area contributed by atoms with Crippen LogP contribution in [0.3, 0.4) is 0 Å². The van der Waals surface area contributed by atoms with E-state index in [4.69, 9.17) is 17.3 Å². The third-order valence-electron chi connectivity index (χ3n) is 3.85. The Labute approximate surface area is 125 Å². The highest BCUT2D eigenvalue weighted by atomic mass is 35.5. The van der Waals surface area contributed by atoms with Gasteiger partial charge in [0.2, 0.25) is 5.91 Å². The van der Waals surface area contributed by atoms with E-state index in [1.807, 2.05) is 31.1 Å². The minimum Gasteiger partial charge on any atom is -0.376 e. The second kappa shape index (κ2) is 6.46. The molecule has 3 N–H and O–H groups in total. The maximum absolute atomic E-state index is 12.4. The summed E-state index contributed by atoms with van der Waals surface area (Å²) in [5, 5.41) is 3.60. The van der Waals surface area contributed by atoms with Gasteiger partial charge in [-0.15, -0.1) is 0 Å². The number of nitrogens with zero attached hydrogens (tertiary/aromatic N) is 1. The topological polar surface area (TPSA) is 58.4 Å². The van der Waals surface area contributed by atoms with Gasteiger partial charge in [-0.2, -0.15) is 0 Å². The first kappa shape index (κ1) is 15.1. The molecule has 2 rings (SSSR count). The maximum atomic E-state index is 12.4. The van der Waals surface area contributed by atoms with E-state index in [9.17, 15) is 4.79 Å². The number of anilines is 2. The Morgan fingerprint density at radius 1 is 1.35 bits per heavy atom. The molecule has 2 unspecified atom stereocenters. The highest BCUT2D eigenvalue weighted by molar-refractivity contribution is 6.31. The summed E-state index contributed by atoms with van der Waals surface area (Å²) in [4.78, 5) is 14.4. The summed E-state index contributed by atoms with van der Waals surface area (Å²) in [6, 6.07) is 5.46. The van der Waals surface area contributed by atoms with Crippen molar-refractivity contribution in [1.29, 1.82) is 0 Å². The van der Waals surface area contributed by atoms with Gasteiger partial charge in [0.15, 0.2) is 0 Å². The molecule has 0 radical (unpaired) electrons. The minimum absolute atomic E-state index is 0.00238.